The van der Waals surface area contributed by atoms with Gasteiger partial charge in [0.05, 0.1) is 19.5 Å². The van der Waals surface area contributed by atoms with Crippen LogP contribution in [0.5, 0.6) is 5.75 Å². The van der Waals surface area contributed by atoms with E-state index in [2.05, 4.69) is 44.5 Å². The molecule has 6 heterocycles. The van der Waals surface area contributed by atoms with E-state index in [1.807, 2.05) is 38.1 Å². The molecular formula is C43H43FN12O5. The van der Waals surface area contributed by atoms with Crippen LogP contribution in [-0.2, 0) is 40.3 Å². The Morgan fingerprint density at radius 3 is 1.72 bits per heavy atom. The minimum absolute atomic E-state index is 0.129. The average Bonchev–Trinajstić information content (AvgIpc) is 4.09. The molecule has 6 aromatic rings. The van der Waals surface area contributed by atoms with Crippen molar-refractivity contribution in [2.24, 2.45) is 14.1 Å². The molecule has 0 spiro atoms. The van der Waals surface area contributed by atoms with E-state index in [1.165, 1.54) is 28.3 Å². The number of hydrogen-bond acceptors (Lipinski definition) is 11. The van der Waals surface area contributed by atoms with Gasteiger partial charge in [-0.2, -0.15) is 10.2 Å². The third-order valence-corrected chi connectivity index (χ3v) is 10.5. The standard InChI is InChI=1S/C43H43FN12O5/c1-6-20-53-39-35(41(58)54(21-7-2)43(53)60)48-37(31-25-46-52(27-31)22-8-10-28-12-16-32(44)17-13-28)56(39)55-36(47-34-38(55)49(3)42(59)50(4)40(34)57)30-24-45-51(26-30)23-9-11-29-14-18-33(61-5)19-15-29/h12-19,24-27,36-37,47-48H,6-7,20-23H2,1-5H3. The lowest BCUT2D eigenvalue weighted by Crippen LogP contribution is -2.50. The molecule has 2 aromatic carbocycles. The van der Waals surface area contributed by atoms with Crippen molar-refractivity contribution in [3.05, 3.63) is 143 Å². The van der Waals surface area contributed by atoms with Crippen molar-refractivity contribution >= 4 is 23.0 Å². The highest BCUT2D eigenvalue weighted by atomic mass is 19.1. The van der Waals surface area contributed by atoms with Crippen molar-refractivity contribution in [2.45, 2.75) is 65.2 Å². The molecule has 0 amide bonds. The highest BCUT2D eigenvalue weighted by Gasteiger charge is 2.48. The molecule has 2 atom stereocenters. The number of nitrogens with zero attached hydrogens (tertiary/aromatic N) is 10. The van der Waals surface area contributed by atoms with Crippen LogP contribution >= 0.6 is 0 Å². The Kier molecular flexibility index (Phi) is 10.8. The van der Waals surface area contributed by atoms with Crippen LogP contribution in [0.15, 0.2) is 92.5 Å². The summed E-state index contributed by atoms with van der Waals surface area (Å²) in [4.78, 5) is 56.3. The molecular weight excluding hydrogens is 784 g/mol. The first kappa shape index (κ1) is 40.1. The van der Waals surface area contributed by atoms with Crippen LogP contribution in [0.4, 0.5) is 27.4 Å². The summed E-state index contributed by atoms with van der Waals surface area (Å²) in [6.45, 7) is 4.70. The van der Waals surface area contributed by atoms with Crippen molar-refractivity contribution in [1.29, 1.82) is 0 Å². The Morgan fingerprint density at radius 2 is 1.18 bits per heavy atom. The number of rotatable bonds is 10. The van der Waals surface area contributed by atoms with E-state index >= 15 is 0 Å². The average molecular weight is 827 g/mol. The molecule has 0 saturated carbocycles. The largest absolute Gasteiger partial charge is 0.497 e. The van der Waals surface area contributed by atoms with Gasteiger partial charge in [0, 0.05) is 61.8 Å². The molecule has 4 aromatic heterocycles. The second-order valence-corrected chi connectivity index (χ2v) is 14.6. The molecule has 0 radical (unpaired) electrons. The summed E-state index contributed by atoms with van der Waals surface area (Å²) in [5.74, 6) is 13.2. The van der Waals surface area contributed by atoms with Crippen molar-refractivity contribution in [2.75, 3.05) is 27.8 Å². The van der Waals surface area contributed by atoms with Crippen LogP contribution < -0.4 is 47.9 Å². The van der Waals surface area contributed by atoms with Gasteiger partial charge in [-0.25, -0.2) is 24.0 Å². The van der Waals surface area contributed by atoms with Crippen molar-refractivity contribution in [3.63, 3.8) is 0 Å². The van der Waals surface area contributed by atoms with Gasteiger partial charge in [0.1, 0.15) is 48.4 Å². The van der Waals surface area contributed by atoms with Gasteiger partial charge in [0.25, 0.3) is 11.1 Å². The fourth-order valence-corrected chi connectivity index (χ4v) is 7.54. The van der Waals surface area contributed by atoms with E-state index in [9.17, 15) is 23.6 Å². The molecule has 2 aliphatic rings. The number of fused-ring (bicyclic) bond motifs is 2. The predicted molar refractivity (Wildman–Crippen MR) is 228 cm³/mol. The Bertz CT molecular complexity index is 3010. The van der Waals surface area contributed by atoms with Crippen molar-refractivity contribution < 1.29 is 9.13 Å². The molecule has 2 N–H and O–H groups in total. The quantitative estimate of drug-likeness (QED) is 0.195. The highest BCUT2D eigenvalue weighted by molar-refractivity contribution is 5.81. The molecule has 0 fully saturated rings. The van der Waals surface area contributed by atoms with E-state index in [-0.39, 0.29) is 55.0 Å². The predicted octanol–water partition coefficient (Wildman–Crippen LogP) is 3.35. The minimum atomic E-state index is -0.888. The summed E-state index contributed by atoms with van der Waals surface area (Å²) in [7, 11) is 4.57. The maximum atomic E-state index is 14.3. The Labute approximate surface area is 348 Å². The molecule has 18 heteroatoms. The van der Waals surface area contributed by atoms with Gasteiger partial charge < -0.3 is 15.4 Å². The molecule has 0 bridgehead atoms. The number of halogens is 1. The lowest BCUT2D eigenvalue weighted by molar-refractivity contribution is 0.415. The second-order valence-electron chi connectivity index (χ2n) is 14.6. The SMILES string of the molecule is CCCn1c2c(c(=O)n(CCC)c1=O)NC(c1cnn(CC#Cc3ccc(F)cc3)c1)N2N1c2c(c(=O)n(C)c(=O)n2C)NC1c1cnn(CC#Cc2ccc(OC)cc2)c1. The van der Waals surface area contributed by atoms with Gasteiger partial charge in [-0.3, -0.25) is 37.2 Å². The van der Waals surface area contributed by atoms with Gasteiger partial charge in [-0.15, -0.1) is 0 Å². The summed E-state index contributed by atoms with van der Waals surface area (Å²) in [5, 5.41) is 19.4. The molecule has 2 aliphatic heterocycles. The highest BCUT2D eigenvalue weighted by Crippen LogP contribution is 2.48. The van der Waals surface area contributed by atoms with Crippen LogP contribution in [0.1, 0.15) is 61.3 Å². The lowest BCUT2D eigenvalue weighted by atomic mass is 10.2. The number of methoxy groups -OCH3 is 1. The third kappa shape index (κ3) is 7.33. The van der Waals surface area contributed by atoms with E-state index in [0.29, 0.717) is 29.5 Å². The van der Waals surface area contributed by atoms with Gasteiger partial charge in [-0.05, 0) is 61.4 Å². The molecule has 0 aliphatic carbocycles. The van der Waals surface area contributed by atoms with Gasteiger partial charge in [0.2, 0.25) is 0 Å². The third-order valence-electron chi connectivity index (χ3n) is 10.5. The van der Waals surface area contributed by atoms with Crippen LogP contribution in [-0.4, -0.2) is 44.9 Å². The first-order chi connectivity index (χ1) is 29.5. The first-order valence-corrected chi connectivity index (χ1v) is 19.7. The Morgan fingerprint density at radius 1 is 0.672 bits per heavy atom. The summed E-state index contributed by atoms with van der Waals surface area (Å²) in [6.07, 6.45) is 6.17. The second kappa shape index (κ2) is 16.5. The molecule has 0 saturated heterocycles. The first-order valence-electron chi connectivity index (χ1n) is 19.7. The number of ether oxygens (including phenoxy) is 1. The maximum Gasteiger partial charge on any atom is 0.332 e. The number of aromatic nitrogens is 8. The minimum Gasteiger partial charge on any atom is -0.497 e. The topological polar surface area (TPSA) is 163 Å². The Balaban J connectivity index is 1.26. The molecule has 61 heavy (non-hydrogen) atoms. The van der Waals surface area contributed by atoms with E-state index in [0.717, 1.165) is 15.9 Å². The van der Waals surface area contributed by atoms with Gasteiger partial charge in [-0.1, -0.05) is 37.5 Å². The normalized spacial score (nSPS) is 15.0. The zero-order valence-corrected chi connectivity index (χ0v) is 34.2. The number of anilines is 4. The Hall–Kier alpha value is -7.73. The smallest absolute Gasteiger partial charge is 0.332 e. The van der Waals surface area contributed by atoms with E-state index in [4.69, 9.17) is 4.74 Å². The number of hydrazine groups is 1. The lowest BCUT2D eigenvalue weighted by Gasteiger charge is -2.39. The summed E-state index contributed by atoms with van der Waals surface area (Å²) < 4.78 is 27.2. The van der Waals surface area contributed by atoms with Crippen LogP contribution in [0, 0.1) is 29.5 Å². The maximum absolute atomic E-state index is 14.3. The number of nitrogens with one attached hydrogen (secondary N) is 2. The monoisotopic (exact) mass is 826 g/mol. The van der Waals surface area contributed by atoms with Crippen LogP contribution in [0.25, 0.3) is 0 Å². The summed E-state index contributed by atoms with van der Waals surface area (Å²) >= 11 is 0. The van der Waals surface area contributed by atoms with Crippen molar-refractivity contribution in [3.8, 4) is 29.4 Å². The van der Waals surface area contributed by atoms with Crippen LogP contribution in [0.3, 0.4) is 0 Å². The fourth-order valence-electron chi connectivity index (χ4n) is 7.54. The zero-order valence-electron chi connectivity index (χ0n) is 34.2. The van der Waals surface area contributed by atoms with E-state index in [1.54, 1.807) is 75.0 Å². The molecule has 8 rings (SSSR count). The van der Waals surface area contributed by atoms with Gasteiger partial charge in [0.15, 0.2) is 11.6 Å². The molecule has 2 unspecified atom stereocenters. The summed E-state index contributed by atoms with van der Waals surface area (Å²) in [5.41, 5.74) is 0.772. The van der Waals surface area contributed by atoms with Gasteiger partial charge >= 0.3 is 11.4 Å². The molecule has 312 valence electrons. The number of benzene rings is 2. The number of hydrogen-bond donors (Lipinski definition) is 2. The zero-order chi connectivity index (χ0) is 42.9. The summed E-state index contributed by atoms with van der Waals surface area (Å²) in [6, 6.07) is 13.3. The van der Waals surface area contributed by atoms with Crippen LogP contribution in [0.2, 0.25) is 0 Å². The van der Waals surface area contributed by atoms with E-state index < -0.39 is 34.8 Å². The molecule has 17 nitrogen and oxygen atoms in total. The fraction of sp³-hybridized carbons (Fsp3) is 0.302. The van der Waals surface area contributed by atoms with Crippen molar-refractivity contribution in [1.82, 2.24) is 37.8 Å².